The highest BCUT2D eigenvalue weighted by molar-refractivity contribution is 6.30. The first-order chi connectivity index (χ1) is 11.5. The topological polar surface area (TPSA) is 56.7 Å². The van der Waals surface area contributed by atoms with Crippen LogP contribution in [0.2, 0.25) is 5.02 Å². The first-order valence-corrected chi connectivity index (χ1v) is 8.83. The van der Waals surface area contributed by atoms with Crippen LogP contribution in [0.3, 0.4) is 0 Å². The smallest absolute Gasteiger partial charge is 0.223 e. The molecule has 0 aromatic heterocycles. The van der Waals surface area contributed by atoms with E-state index in [1.807, 2.05) is 25.1 Å². The third-order valence-electron chi connectivity index (χ3n) is 4.30. The summed E-state index contributed by atoms with van der Waals surface area (Å²) >= 11 is 6.12. The van der Waals surface area contributed by atoms with Gasteiger partial charge in [0.25, 0.3) is 0 Å². The summed E-state index contributed by atoms with van der Waals surface area (Å²) in [6.07, 6.45) is 2.72. The molecule has 5 nitrogen and oxygen atoms in total. The predicted octanol–water partition coefficient (Wildman–Crippen LogP) is 2.41. The zero-order valence-electron chi connectivity index (χ0n) is 14.7. The van der Waals surface area contributed by atoms with Crippen LogP contribution >= 0.6 is 11.6 Å². The van der Waals surface area contributed by atoms with E-state index in [-0.39, 0.29) is 11.3 Å². The highest BCUT2D eigenvalue weighted by atomic mass is 35.5. The standard InChI is InChI=1S/C18H27ClN4O/c1-4-20-17(21-11-8-16(24)23(2)3)22-13-18(9-10-18)14-6-5-7-15(19)12-14/h5-7,12H,4,8-11,13H2,1-3H3,(H2,20,21,22). The Labute approximate surface area is 149 Å². The average Bonchev–Trinajstić information content (AvgIpc) is 3.33. The van der Waals surface area contributed by atoms with Crippen LogP contribution in [0.1, 0.15) is 31.7 Å². The molecule has 0 spiro atoms. The van der Waals surface area contributed by atoms with Gasteiger partial charge in [0.2, 0.25) is 5.91 Å². The van der Waals surface area contributed by atoms with E-state index in [0.29, 0.717) is 13.0 Å². The van der Waals surface area contributed by atoms with Crippen LogP contribution in [0.5, 0.6) is 0 Å². The number of nitrogens with zero attached hydrogens (tertiary/aromatic N) is 2. The van der Waals surface area contributed by atoms with Crippen LogP contribution in [-0.2, 0) is 10.2 Å². The van der Waals surface area contributed by atoms with Crippen molar-refractivity contribution in [3.8, 4) is 0 Å². The Morgan fingerprint density at radius 2 is 2.08 bits per heavy atom. The Hall–Kier alpha value is -1.75. The number of aliphatic imine (C=N–C) groups is 1. The van der Waals surface area contributed by atoms with Crippen molar-refractivity contribution < 1.29 is 4.79 Å². The molecule has 1 aliphatic carbocycles. The van der Waals surface area contributed by atoms with Gasteiger partial charge in [0.05, 0.1) is 6.54 Å². The summed E-state index contributed by atoms with van der Waals surface area (Å²) in [5, 5.41) is 7.24. The van der Waals surface area contributed by atoms with Gasteiger partial charge >= 0.3 is 0 Å². The van der Waals surface area contributed by atoms with Crippen LogP contribution in [0.25, 0.3) is 0 Å². The van der Waals surface area contributed by atoms with Crippen LogP contribution in [0.15, 0.2) is 29.3 Å². The molecule has 132 valence electrons. The van der Waals surface area contributed by atoms with E-state index in [9.17, 15) is 4.79 Å². The summed E-state index contributed by atoms with van der Waals surface area (Å²) in [6.45, 7) is 4.13. The lowest BCUT2D eigenvalue weighted by Crippen LogP contribution is -2.39. The highest BCUT2D eigenvalue weighted by Crippen LogP contribution is 2.48. The minimum Gasteiger partial charge on any atom is -0.357 e. The number of carbonyl (C=O) groups excluding carboxylic acids is 1. The summed E-state index contributed by atoms with van der Waals surface area (Å²) < 4.78 is 0. The Kier molecular flexibility index (Phi) is 6.49. The predicted molar refractivity (Wildman–Crippen MR) is 99.7 cm³/mol. The molecular weight excluding hydrogens is 324 g/mol. The molecule has 0 bridgehead atoms. The summed E-state index contributed by atoms with van der Waals surface area (Å²) in [5.41, 5.74) is 1.38. The van der Waals surface area contributed by atoms with Gasteiger partial charge in [-0.2, -0.15) is 0 Å². The van der Waals surface area contributed by atoms with Gasteiger partial charge in [0, 0.05) is 44.0 Å². The summed E-state index contributed by atoms with van der Waals surface area (Å²) in [7, 11) is 3.53. The fourth-order valence-corrected chi connectivity index (χ4v) is 2.78. The van der Waals surface area contributed by atoms with Crippen molar-refractivity contribution in [2.75, 3.05) is 33.7 Å². The third kappa shape index (κ3) is 5.13. The quantitative estimate of drug-likeness (QED) is 0.586. The van der Waals surface area contributed by atoms with Crippen molar-refractivity contribution in [3.05, 3.63) is 34.9 Å². The van der Waals surface area contributed by atoms with E-state index in [2.05, 4.69) is 16.7 Å². The number of halogens is 1. The monoisotopic (exact) mass is 350 g/mol. The number of hydrogen-bond acceptors (Lipinski definition) is 2. The van der Waals surface area contributed by atoms with E-state index in [4.69, 9.17) is 16.6 Å². The van der Waals surface area contributed by atoms with Gasteiger partial charge in [0.15, 0.2) is 5.96 Å². The normalized spacial score (nSPS) is 15.8. The summed E-state index contributed by atoms with van der Waals surface area (Å²) in [6, 6.07) is 8.07. The largest absolute Gasteiger partial charge is 0.357 e. The molecule has 2 N–H and O–H groups in total. The lowest BCUT2D eigenvalue weighted by molar-refractivity contribution is -0.128. The average molecular weight is 351 g/mol. The lowest BCUT2D eigenvalue weighted by atomic mass is 9.96. The van der Waals surface area contributed by atoms with Gasteiger partial charge in [-0.05, 0) is 37.5 Å². The first-order valence-electron chi connectivity index (χ1n) is 8.45. The number of rotatable bonds is 7. The Morgan fingerprint density at radius 3 is 2.67 bits per heavy atom. The van der Waals surface area contributed by atoms with Crippen LogP contribution in [-0.4, -0.2) is 50.5 Å². The van der Waals surface area contributed by atoms with Crippen LogP contribution in [0.4, 0.5) is 0 Å². The molecule has 1 amide bonds. The second-order valence-electron chi connectivity index (χ2n) is 6.45. The molecule has 0 unspecified atom stereocenters. The molecule has 1 aliphatic rings. The van der Waals surface area contributed by atoms with E-state index >= 15 is 0 Å². The third-order valence-corrected chi connectivity index (χ3v) is 4.54. The zero-order valence-corrected chi connectivity index (χ0v) is 15.5. The van der Waals surface area contributed by atoms with E-state index in [1.54, 1.807) is 19.0 Å². The summed E-state index contributed by atoms with van der Waals surface area (Å²) in [5.74, 6) is 0.869. The van der Waals surface area contributed by atoms with Crippen molar-refractivity contribution in [3.63, 3.8) is 0 Å². The minimum absolute atomic E-state index is 0.107. The van der Waals surface area contributed by atoms with Gasteiger partial charge < -0.3 is 15.5 Å². The van der Waals surface area contributed by atoms with Crippen molar-refractivity contribution in [1.82, 2.24) is 15.5 Å². The van der Waals surface area contributed by atoms with Crippen molar-refractivity contribution in [1.29, 1.82) is 0 Å². The van der Waals surface area contributed by atoms with Crippen molar-refractivity contribution in [2.45, 2.75) is 31.6 Å². The van der Waals surface area contributed by atoms with Crippen molar-refractivity contribution >= 4 is 23.5 Å². The second kappa shape index (κ2) is 8.38. The summed E-state index contributed by atoms with van der Waals surface area (Å²) in [4.78, 5) is 18.0. The Bertz CT molecular complexity index is 596. The highest BCUT2D eigenvalue weighted by Gasteiger charge is 2.44. The van der Waals surface area contributed by atoms with Crippen LogP contribution in [0, 0.1) is 0 Å². The maximum absolute atomic E-state index is 11.6. The van der Waals surface area contributed by atoms with E-state index < -0.39 is 0 Å². The van der Waals surface area contributed by atoms with Gasteiger partial charge in [0.1, 0.15) is 0 Å². The van der Waals surface area contributed by atoms with Gasteiger partial charge in [-0.3, -0.25) is 9.79 Å². The second-order valence-corrected chi connectivity index (χ2v) is 6.89. The van der Waals surface area contributed by atoms with E-state index in [1.165, 1.54) is 5.56 Å². The Morgan fingerprint density at radius 1 is 1.33 bits per heavy atom. The lowest BCUT2D eigenvalue weighted by Gasteiger charge is -2.16. The maximum Gasteiger partial charge on any atom is 0.223 e. The van der Waals surface area contributed by atoms with Crippen LogP contribution < -0.4 is 10.6 Å². The molecule has 1 fully saturated rings. The molecule has 2 rings (SSSR count). The molecule has 0 radical (unpaired) electrons. The molecule has 6 heteroatoms. The maximum atomic E-state index is 11.6. The van der Waals surface area contributed by atoms with Gasteiger partial charge in [-0.1, -0.05) is 23.7 Å². The molecule has 1 aromatic rings. The molecular formula is C18H27ClN4O. The number of guanidine groups is 1. The SMILES string of the molecule is CCNC(=NCC1(c2cccc(Cl)c2)CC1)NCCC(=O)N(C)C. The fraction of sp³-hybridized carbons (Fsp3) is 0.556. The number of carbonyl (C=O) groups is 1. The molecule has 1 saturated carbocycles. The van der Waals surface area contributed by atoms with E-state index in [0.717, 1.165) is 36.9 Å². The van der Waals surface area contributed by atoms with Gasteiger partial charge in [-0.25, -0.2) is 0 Å². The van der Waals surface area contributed by atoms with Crippen molar-refractivity contribution in [2.24, 2.45) is 4.99 Å². The fourth-order valence-electron chi connectivity index (χ4n) is 2.59. The molecule has 24 heavy (non-hydrogen) atoms. The molecule has 0 aliphatic heterocycles. The van der Waals surface area contributed by atoms with Gasteiger partial charge in [-0.15, -0.1) is 0 Å². The molecule has 0 heterocycles. The first kappa shape index (κ1) is 18.6. The minimum atomic E-state index is 0.107. The molecule has 0 saturated heterocycles. The molecule has 1 aromatic carbocycles. The number of benzene rings is 1. The molecule has 0 atom stereocenters. The number of amides is 1. The number of hydrogen-bond donors (Lipinski definition) is 2. The Balaban J connectivity index is 1.94. The zero-order chi connectivity index (χ0) is 17.6. The number of nitrogens with one attached hydrogen (secondary N) is 2.